The summed E-state index contributed by atoms with van der Waals surface area (Å²) in [5.41, 5.74) is 1.57. The lowest BCUT2D eigenvalue weighted by atomic mass is 10.1. The molecule has 0 aromatic heterocycles. The van der Waals surface area contributed by atoms with Gasteiger partial charge in [-0.15, -0.1) is 0 Å². The van der Waals surface area contributed by atoms with Gasteiger partial charge >= 0.3 is 0 Å². The minimum absolute atomic E-state index is 0.114. The molecule has 18 heavy (non-hydrogen) atoms. The van der Waals surface area contributed by atoms with Crippen molar-refractivity contribution in [3.63, 3.8) is 0 Å². The summed E-state index contributed by atoms with van der Waals surface area (Å²) in [6, 6.07) is 4.79. The normalized spacial score (nSPS) is 12.8. The molecular weight excluding hydrogens is 252 g/mol. The number of aromatic hydroxyl groups is 1. The van der Waals surface area contributed by atoms with Crippen molar-refractivity contribution >= 4 is 15.7 Å². The van der Waals surface area contributed by atoms with Gasteiger partial charge in [-0.1, -0.05) is 6.92 Å². The minimum atomic E-state index is -3.72. The van der Waals surface area contributed by atoms with Crippen molar-refractivity contribution in [3.8, 4) is 11.8 Å². The van der Waals surface area contributed by atoms with E-state index in [-0.39, 0.29) is 12.2 Å². The van der Waals surface area contributed by atoms with Crippen LogP contribution in [0.5, 0.6) is 5.75 Å². The number of hydrogen-bond acceptors (Lipinski definition) is 4. The van der Waals surface area contributed by atoms with Gasteiger partial charge in [-0.25, -0.2) is 8.42 Å². The molecule has 0 radical (unpaired) electrons. The van der Waals surface area contributed by atoms with Gasteiger partial charge in [0.05, 0.1) is 11.8 Å². The smallest absolute Gasteiger partial charge is 0.249 e. The zero-order valence-corrected chi connectivity index (χ0v) is 11.4. The van der Waals surface area contributed by atoms with Crippen molar-refractivity contribution in [2.75, 3.05) is 4.72 Å². The molecule has 5 nitrogen and oxygen atoms in total. The number of phenols is 1. The molecular formula is C12H16N2O3S. The average molecular weight is 268 g/mol. The van der Waals surface area contributed by atoms with E-state index in [1.54, 1.807) is 32.9 Å². The third kappa shape index (κ3) is 2.93. The fourth-order valence-electron chi connectivity index (χ4n) is 1.52. The molecule has 1 atom stereocenters. The van der Waals surface area contributed by atoms with Crippen LogP contribution in [0.1, 0.15) is 24.5 Å². The number of hydrogen-bond donors (Lipinski definition) is 2. The van der Waals surface area contributed by atoms with Crippen LogP contribution in [0.15, 0.2) is 12.1 Å². The molecule has 1 rings (SSSR count). The molecule has 0 saturated heterocycles. The van der Waals surface area contributed by atoms with Crippen molar-refractivity contribution in [1.29, 1.82) is 5.26 Å². The summed E-state index contributed by atoms with van der Waals surface area (Å²) in [6.07, 6.45) is 0.224. The van der Waals surface area contributed by atoms with E-state index in [2.05, 4.69) is 4.72 Å². The van der Waals surface area contributed by atoms with E-state index in [0.717, 1.165) is 0 Å². The first-order chi connectivity index (χ1) is 8.31. The highest BCUT2D eigenvalue weighted by atomic mass is 32.2. The molecule has 1 unspecified atom stereocenters. The number of nitriles is 1. The van der Waals surface area contributed by atoms with E-state index < -0.39 is 15.3 Å². The van der Waals surface area contributed by atoms with Crippen LogP contribution >= 0.6 is 0 Å². The standard InChI is InChI=1S/C12H16N2O3S/c1-4-10(7-13)18(16,17)14-11-5-9(3)12(15)6-8(11)2/h5-6,10,14-15H,4H2,1-3H3. The molecule has 0 amide bonds. The first kappa shape index (κ1) is 14.3. The lowest BCUT2D eigenvalue weighted by molar-refractivity contribution is 0.471. The fourth-order valence-corrected chi connectivity index (χ4v) is 2.76. The Morgan fingerprint density at radius 3 is 2.50 bits per heavy atom. The second-order valence-electron chi connectivity index (χ2n) is 4.13. The van der Waals surface area contributed by atoms with Crippen LogP contribution in [0.3, 0.4) is 0 Å². The Hall–Kier alpha value is -1.74. The average Bonchev–Trinajstić information content (AvgIpc) is 2.26. The van der Waals surface area contributed by atoms with E-state index in [0.29, 0.717) is 16.8 Å². The molecule has 2 N–H and O–H groups in total. The summed E-state index contributed by atoms with van der Waals surface area (Å²) in [6.45, 7) is 5.00. The zero-order valence-electron chi connectivity index (χ0n) is 10.6. The van der Waals surface area contributed by atoms with E-state index in [4.69, 9.17) is 5.26 Å². The third-order valence-corrected chi connectivity index (χ3v) is 4.38. The molecule has 0 saturated carbocycles. The SMILES string of the molecule is CCC(C#N)S(=O)(=O)Nc1cc(C)c(O)cc1C. The number of sulfonamides is 1. The largest absolute Gasteiger partial charge is 0.508 e. The molecule has 6 heteroatoms. The van der Waals surface area contributed by atoms with Gasteiger partial charge in [0, 0.05) is 0 Å². The summed E-state index contributed by atoms with van der Waals surface area (Å²) in [5, 5.41) is 17.2. The maximum absolute atomic E-state index is 11.9. The van der Waals surface area contributed by atoms with Crippen LogP contribution in [-0.2, 0) is 10.0 Å². The molecule has 98 valence electrons. The Labute approximate surface area is 107 Å². The van der Waals surface area contributed by atoms with Crippen LogP contribution in [0, 0.1) is 25.2 Å². The first-order valence-corrected chi connectivity index (χ1v) is 7.08. The van der Waals surface area contributed by atoms with Crippen molar-refractivity contribution in [1.82, 2.24) is 0 Å². The molecule has 0 fully saturated rings. The number of aryl methyl sites for hydroxylation is 2. The summed E-state index contributed by atoms with van der Waals surface area (Å²) >= 11 is 0. The highest BCUT2D eigenvalue weighted by molar-refractivity contribution is 7.93. The van der Waals surface area contributed by atoms with Gasteiger partial charge in [0.25, 0.3) is 0 Å². The van der Waals surface area contributed by atoms with Crippen LogP contribution in [0.4, 0.5) is 5.69 Å². The van der Waals surface area contributed by atoms with Gasteiger partial charge in [0.15, 0.2) is 5.25 Å². The Morgan fingerprint density at radius 2 is 2.00 bits per heavy atom. The molecule has 1 aromatic rings. The highest BCUT2D eigenvalue weighted by Gasteiger charge is 2.24. The van der Waals surface area contributed by atoms with Crippen LogP contribution in [0.2, 0.25) is 0 Å². The fraction of sp³-hybridized carbons (Fsp3) is 0.417. The van der Waals surface area contributed by atoms with Gasteiger partial charge in [-0.2, -0.15) is 5.26 Å². The number of nitrogens with zero attached hydrogens (tertiary/aromatic N) is 1. The number of phenolic OH excluding ortho intramolecular Hbond substituents is 1. The first-order valence-electron chi connectivity index (χ1n) is 5.53. The second kappa shape index (κ2) is 5.27. The minimum Gasteiger partial charge on any atom is -0.508 e. The molecule has 0 heterocycles. The van der Waals surface area contributed by atoms with E-state index in [1.807, 2.05) is 0 Å². The predicted molar refractivity (Wildman–Crippen MR) is 69.8 cm³/mol. The van der Waals surface area contributed by atoms with Gasteiger partial charge in [-0.05, 0) is 43.5 Å². The molecule has 1 aromatic carbocycles. The third-order valence-electron chi connectivity index (χ3n) is 2.68. The molecule has 0 spiro atoms. The van der Waals surface area contributed by atoms with Crippen molar-refractivity contribution in [2.24, 2.45) is 0 Å². The van der Waals surface area contributed by atoms with Crippen LogP contribution in [-0.4, -0.2) is 18.8 Å². The summed E-state index contributed by atoms with van der Waals surface area (Å²) in [4.78, 5) is 0. The highest BCUT2D eigenvalue weighted by Crippen LogP contribution is 2.26. The van der Waals surface area contributed by atoms with Gasteiger partial charge in [0.2, 0.25) is 10.0 Å². The van der Waals surface area contributed by atoms with Gasteiger partial charge in [-0.3, -0.25) is 4.72 Å². The Balaban J connectivity index is 3.13. The van der Waals surface area contributed by atoms with E-state index in [9.17, 15) is 13.5 Å². The summed E-state index contributed by atoms with van der Waals surface area (Å²) in [7, 11) is -3.72. The van der Waals surface area contributed by atoms with Crippen molar-refractivity contribution in [3.05, 3.63) is 23.3 Å². The Morgan fingerprint density at radius 1 is 1.39 bits per heavy atom. The number of nitrogens with one attached hydrogen (secondary N) is 1. The maximum Gasteiger partial charge on any atom is 0.249 e. The lowest BCUT2D eigenvalue weighted by Gasteiger charge is -2.14. The van der Waals surface area contributed by atoms with Crippen LogP contribution < -0.4 is 4.72 Å². The van der Waals surface area contributed by atoms with Crippen molar-refractivity contribution < 1.29 is 13.5 Å². The maximum atomic E-state index is 11.9. The zero-order chi connectivity index (χ0) is 13.9. The molecule has 0 aliphatic carbocycles. The van der Waals surface area contributed by atoms with Crippen molar-refractivity contribution in [2.45, 2.75) is 32.4 Å². The van der Waals surface area contributed by atoms with E-state index in [1.165, 1.54) is 6.07 Å². The van der Waals surface area contributed by atoms with Gasteiger partial charge < -0.3 is 5.11 Å². The number of rotatable bonds is 4. The van der Waals surface area contributed by atoms with Crippen LogP contribution in [0.25, 0.3) is 0 Å². The van der Waals surface area contributed by atoms with Gasteiger partial charge in [0.1, 0.15) is 5.75 Å². The molecule has 0 bridgehead atoms. The summed E-state index contributed by atoms with van der Waals surface area (Å²) < 4.78 is 26.2. The number of benzene rings is 1. The Kier molecular flexibility index (Phi) is 4.19. The number of anilines is 1. The predicted octanol–water partition coefficient (Wildman–Crippen LogP) is 2.05. The molecule has 0 aliphatic rings. The molecule has 0 aliphatic heterocycles. The van der Waals surface area contributed by atoms with E-state index >= 15 is 0 Å². The quantitative estimate of drug-likeness (QED) is 0.818. The Bertz CT molecular complexity index is 588. The summed E-state index contributed by atoms with van der Waals surface area (Å²) in [5.74, 6) is 0.114. The topological polar surface area (TPSA) is 90.2 Å². The monoisotopic (exact) mass is 268 g/mol. The lowest BCUT2D eigenvalue weighted by Crippen LogP contribution is -2.26. The second-order valence-corrected chi connectivity index (χ2v) is 5.99.